The van der Waals surface area contributed by atoms with Crippen LogP contribution < -0.4 is 4.74 Å². The van der Waals surface area contributed by atoms with Crippen LogP contribution in [0, 0.1) is 0 Å². The predicted molar refractivity (Wildman–Crippen MR) is 68.1 cm³/mol. The highest BCUT2D eigenvalue weighted by atomic mass is 35.5. The molecule has 0 atom stereocenters. The lowest BCUT2D eigenvalue weighted by Crippen LogP contribution is -2.04. The molecule has 0 spiro atoms. The quantitative estimate of drug-likeness (QED) is 0.755. The van der Waals surface area contributed by atoms with E-state index in [9.17, 15) is 18.0 Å². The van der Waals surface area contributed by atoms with Crippen LogP contribution in [0.1, 0.15) is 15.9 Å². The standard InChI is InChI=1S/C14H8ClF3O2/c15-13(19)9-4-6-11(7-5-9)20-12-3-1-2-10(8-12)14(16,17)18/h1-8H. The summed E-state index contributed by atoms with van der Waals surface area (Å²) < 4.78 is 42.9. The van der Waals surface area contributed by atoms with Crippen LogP contribution in [-0.4, -0.2) is 5.24 Å². The van der Waals surface area contributed by atoms with Gasteiger partial charge in [0.25, 0.3) is 5.24 Å². The Bertz CT molecular complexity index is 621. The Labute approximate surface area is 117 Å². The molecule has 0 heterocycles. The van der Waals surface area contributed by atoms with Gasteiger partial charge in [0.1, 0.15) is 11.5 Å². The second kappa shape index (κ2) is 5.54. The highest BCUT2D eigenvalue weighted by Gasteiger charge is 2.30. The third-order valence-corrected chi connectivity index (χ3v) is 2.70. The fourth-order valence-electron chi connectivity index (χ4n) is 1.53. The number of rotatable bonds is 3. The zero-order chi connectivity index (χ0) is 14.8. The maximum Gasteiger partial charge on any atom is 0.416 e. The smallest absolute Gasteiger partial charge is 0.416 e. The summed E-state index contributed by atoms with van der Waals surface area (Å²) in [6.45, 7) is 0. The summed E-state index contributed by atoms with van der Waals surface area (Å²) in [5.74, 6) is 0.371. The molecule has 2 rings (SSSR count). The van der Waals surface area contributed by atoms with Crippen molar-refractivity contribution in [1.29, 1.82) is 0 Å². The van der Waals surface area contributed by atoms with Gasteiger partial charge in [0.05, 0.1) is 5.56 Å². The average molecular weight is 301 g/mol. The fourth-order valence-corrected chi connectivity index (χ4v) is 1.65. The zero-order valence-electron chi connectivity index (χ0n) is 9.95. The number of halogens is 4. The Morgan fingerprint density at radius 1 is 1.00 bits per heavy atom. The van der Waals surface area contributed by atoms with E-state index in [1.165, 1.54) is 36.4 Å². The van der Waals surface area contributed by atoms with E-state index in [0.717, 1.165) is 12.1 Å². The van der Waals surface area contributed by atoms with Gasteiger partial charge in [-0.1, -0.05) is 6.07 Å². The van der Waals surface area contributed by atoms with Crippen LogP contribution in [0.2, 0.25) is 0 Å². The third-order valence-electron chi connectivity index (χ3n) is 2.48. The maximum atomic E-state index is 12.5. The van der Waals surface area contributed by atoms with Crippen molar-refractivity contribution in [1.82, 2.24) is 0 Å². The van der Waals surface area contributed by atoms with Crippen molar-refractivity contribution in [3.05, 3.63) is 59.7 Å². The molecule has 0 unspecified atom stereocenters. The molecular formula is C14H8ClF3O2. The van der Waals surface area contributed by atoms with Gasteiger partial charge in [-0.05, 0) is 54.1 Å². The van der Waals surface area contributed by atoms with Gasteiger partial charge in [0.2, 0.25) is 0 Å². The molecule has 20 heavy (non-hydrogen) atoms. The Hall–Kier alpha value is -2.01. The van der Waals surface area contributed by atoms with Crippen LogP contribution in [0.15, 0.2) is 48.5 Å². The lowest BCUT2D eigenvalue weighted by atomic mass is 10.2. The first kappa shape index (κ1) is 14.4. The predicted octanol–water partition coefficient (Wildman–Crippen LogP) is 4.88. The van der Waals surface area contributed by atoms with Crippen molar-refractivity contribution in [3.8, 4) is 11.5 Å². The van der Waals surface area contributed by atoms with E-state index in [0.29, 0.717) is 5.75 Å². The van der Waals surface area contributed by atoms with Gasteiger partial charge in [-0.25, -0.2) is 0 Å². The molecule has 0 bridgehead atoms. The first-order valence-electron chi connectivity index (χ1n) is 5.51. The number of ether oxygens (including phenoxy) is 1. The minimum atomic E-state index is -4.42. The van der Waals surface area contributed by atoms with Crippen molar-refractivity contribution in [2.45, 2.75) is 6.18 Å². The number of hydrogen-bond acceptors (Lipinski definition) is 2. The minimum Gasteiger partial charge on any atom is -0.457 e. The molecule has 0 saturated heterocycles. The SMILES string of the molecule is O=C(Cl)c1ccc(Oc2cccc(C(F)(F)F)c2)cc1. The summed E-state index contributed by atoms with van der Waals surface area (Å²) in [5, 5.41) is -0.615. The lowest BCUT2D eigenvalue weighted by molar-refractivity contribution is -0.137. The Kier molecular flexibility index (Phi) is 3.99. The van der Waals surface area contributed by atoms with E-state index in [2.05, 4.69) is 0 Å². The van der Waals surface area contributed by atoms with Crippen LogP contribution in [0.4, 0.5) is 13.2 Å². The molecule has 0 aromatic heterocycles. The molecule has 0 fully saturated rings. The van der Waals surface area contributed by atoms with Gasteiger partial charge in [-0.3, -0.25) is 4.79 Å². The fraction of sp³-hybridized carbons (Fsp3) is 0.0714. The normalized spacial score (nSPS) is 11.2. The molecule has 2 aromatic carbocycles. The van der Waals surface area contributed by atoms with Crippen molar-refractivity contribution in [2.24, 2.45) is 0 Å². The molecule has 104 valence electrons. The van der Waals surface area contributed by atoms with Gasteiger partial charge in [-0.2, -0.15) is 13.2 Å². The summed E-state index contributed by atoms with van der Waals surface area (Å²) in [6.07, 6.45) is -4.42. The van der Waals surface area contributed by atoms with Crippen LogP contribution in [0.25, 0.3) is 0 Å². The lowest BCUT2D eigenvalue weighted by Gasteiger charge is -2.10. The second-order valence-corrected chi connectivity index (χ2v) is 4.27. The van der Waals surface area contributed by atoms with Gasteiger partial charge >= 0.3 is 6.18 Å². The Balaban J connectivity index is 2.20. The average Bonchev–Trinajstić information content (AvgIpc) is 2.38. The summed E-state index contributed by atoms with van der Waals surface area (Å²) in [6, 6.07) is 10.3. The van der Waals surface area contributed by atoms with Crippen molar-refractivity contribution >= 4 is 16.8 Å². The highest BCUT2D eigenvalue weighted by Crippen LogP contribution is 2.32. The number of benzene rings is 2. The van der Waals surface area contributed by atoms with Gasteiger partial charge in [0, 0.05) is 5.56 Å². The molecule has 6 heteroatoms. The number of carbonyl (C=O) groups is 1. The maximum absolute atomic E-state index is 12.5. The number of carbonyl (C=O) groups excluding carboxylic acids is 1. The van der Waals surface area contributed by atoms with Crippen LogP contribution in [0.5, 0.6) is 11.5 Å². The minimum absolute atomic E-state index is 0.0600. The van der Waals surface area contributed by atoms with Crippen LogP contribution in [0.3, 0.4) is 0 Å². The van der Waals surface area contributed by atoms with E-state index >= 15 is 0 Å². The summed E-state index contributed by atoms with van der Waals surface area (Å²) in [5.41, 5.74) is -0.509. The molecule has 0 saturated carbocycles. The van der Waals surface area contributed by atoms with Gasteiger partial charge in [0.15, 0.2) is 0 Å². The van der Waals surface area contributed by atoms with E-state index in [1.807, 2.05) is 0 Å². The van der Waals surface area contributed by atoms with Gasteiger partial charge in [-0.15, -0.1) is 0 Å². The first-order valence-corrected chi connectivity index (χ1v) is 5.89. The topological polar surface area (TPSA) is 26.3 Å². The van der Waals surface area contributed by atoms with Crippen LogP contribution in [-0.2, 0) is 6.18 Å². The van der Waals surface area contributed by atoms with Crippen molar-refractivity contribution in [2.75, 3.05) is 0 Å². The Morgan fingerprint density at radius 3 is 2.20 bits per heavy atom. The largest absolute Gasteiger partial charge is 0.457 e. The number of hydrogen-bond donors (Lipinski definition) is 0. The molecule has 2 aromatic rings. The monoisotopic (exact) mass is 300 g/mol. The van der Waals surface area contributed by atoms with Gasteiger partial charge < -0.3 is 4.74 Å². The van der Waals surface area contributed by atoms with E-state index in [1.54, 1.807) is 0 Å². The highest BCUT2D eigenvalue weighted by molar-refractivity contribution is 6.67. The summed E-state index contributed by atoms with van der Waals surface area (Å²) in [7, 11) is 0. The molecule has 0 aliphatic rings. The van der Waals surface area contributed by atoms with E-state index in [4.69, 9.17) is 16.3 Å². The molecule has 0 aliphatic carbocycles. The van der Waals surface area contributed by atoms with Crippen molar-refractivity contribution in [3.63, 3.8) is 0 Å². The zero-order valence-corrected chi connectivity index (χ0v) is 10.7. The Morgan fingerprint density at radius 2 is 1.65 bits per heavy atom. The third kappa shape index (κ3) is 3.51. The second-order valence-electron chi connectivity index (χ2n) is 3.93. The molecule has 0 amide bonds. The van der Waals surface area contributed by atoms with Crippen LogP contribution >= 0.6 is 11.6 Å². The van der Waals surface area contributed by atoms with E-state index in [-0.39, 0.29) is 11.3 Å². The summed E-state index contributed by atoms with van der Waals surface area (Å²) in [4.78, 5) is 10.9. The van der Waals surface area contributed by atoms with E-state index < -0.39 is 17.0 Å². The molecule has 2 nitrogen and oxygen atoms in total. The molecule has 0 radical (unpaired) electrons. The van der Waals surface area contributed by atoms with Crippen molar-refractivity contribution < 1.29 is 22.7 Å². The first-order chi connectivity index (χ1) is 9.36. The molecule has 0 N–H and O–H groups in total. The molecular weight excluding hydrogens is 293 g/mol. The number of alkyl halides is 3. The molecule has 0 aliphatic heterocycles. The summed E-state index contributed by atoms with van der Waals surface area (Å²) >= 11 is 5.28.